The Morgan fingerprint density at radius 3 is 3.14 bits per heavy atom. The minimum atomic E-state index is 0.580. The van der Waals surface area contributed by atoms with Crippen LogP contribution in [0.25, 0.3) is 0 Å². The van der Waals surface area contributed by atoms with E-state index in [-0.39, 0.29) is 0 Å². The van der Waals surface area contributed by atoms with Crippen molar-refractivity contribution in [2.24, 2.45) is 5.92 Å². The highest BCUT2D eigenvalue weighted by molar-refractivity contribution is 7.09. The van der Waals surface area contributed by atoms with E-state index < -0.39 is 0 Å². The first-order valence-corrected chi connectivity index (χ1v) is 8.82. The molecule has 2 saturated heterocycles. The molecule has 2 fully saturated rings. The Kier molecular flexibility index (Phi) is 3.94. The van der Waals surface area contributed by atoms with Crippen molar-refractivity contribution in [3.63, 3.8) is 0 Å². The molecule has 0 bridgehead atoms. The lowest BCUT2D eigenvalue weighted by atomic mass is 9.92. The Balaban J connectivity index is 1.38. The van der Waals surface area contributed by atoms with Crippen molar-refractivity contribution in [2.45, 2.75) is 38.0 Å². The zero-order chi connectivity index (χ0) is 14.9. The van der Waals surface area contributed by atoms with Crippen LogP contribution in [0.3, 0.4) is 0 Å². The summed E-state index contributed by atoms with van der Waals surface area (Å²) in [5.41, 5.74) is 0. The molecular weight excluding hydrogens is 296 g/mol. The second kappa shape index (κ2) is 6.06. The Hall–Kier alpha value is -1.31. The van der Waals surface area contributed by atoms with E-state index >= 15 is 0 Å². The van der Waals surface area contributed by atoms with Gasteiger partial charge in [-0.2, -0.15) is 5.10 Å². The highest BCUT2D eigenvalue weighted by Gasteiger charge is 2.41. The average Bonchev–Trinajstić information content (AvgIpc) is 3.24. The van der Waals surface area contributed by atoms with Crippen molar-refractivity contribution >= 4 is 11.3 Å². The second-order valence-corrected chi connectivity index (χ2v) is 7.43. The van der Waals surface area contributed by atoms with Crippen LogP contribution in [0, 0.1) is 5.92 Å². The van der Waals surface area contributed by atoms with Gasteiger partial charge in [-0.15, -0.1) is 11.3 Å². The van der Waals surface area contributed by atoms with Crippen LogP contribution in [0.15, 0.2) is 24.2 Å². The molecule has 2 aromatic rings. The van der Waals surface area contributed by atoms with Crippen molar-refractivity contribution in [1.29, 1.82) is 0 Å². The maximum atomic E-state index is 4.42. The van der Waals surface area contributed by atoms with E-state index in [2.05, 4.69) is 37.3 Å². The molecule has 0 aliphatic carbocycles. The molecule has 0 radical (unpaired) electrons. The van der Waals surface area contributed by atoms with Gasteiger partial charge in [0, 0.05) is 36.8 Å². The molecule has 2 aromatic heterocycles. The molecule has 7 heteroatoms. The molecule has 0 N–H and O–H groups in total. The van der Waals surface area contributed by atoms with Gasteiger partial charge < -0.3 is 0 Å². The van der Waals surface area contributed by atoms with Crippen LogP contribution in [-0.2, 0) is 13.1 Å². The van der Waals surface area contributed by atoms with Gasteiger partial charge in [0.1, 0.15) is 17.7 Å². The summed E-state index contributed by atoms with van der Waals surface area (Å²) in [5, 5.41) is 7.57. The molecule has 0 amide bonds. The monoisotopic (exact) mass is 318 g/mol. The fourth-order valence-corrected chi connectivity index (χ4v) is 4.72. The molecule has 0 unspecified atom stereocenters. The van der Waals surface area contributed by atoms with Crippen molar-refractivity contribution in [1.82, 2.24) is 29.5 Å². The Labute approximate surface area is 134 Å². The predicted octanol–water partition coefficient (Wildman–Crippen LogP) is 1.33. The Morgan fingerprint density at radius 2 is 2.36 bits per heavy atom. The first-order chi connectivity index (χ1) is 10.8. The highest BCUT2D eigenvalue weighted by Crippen LogP contribution is 2.35. The zero-order valence-electron chi connectivity index (χ0n) is 12.9. The summed E-state index contributed by atoms with van der Waals surface area (Å²) in [6, 6.07) is 1.30. The minimum Gasteiger partial charge on any atom is -0.298 e. The van der Waals surface area contributed by atoms with Crippen LogP contribution in [0.5, 0.6) is 0 Å². The van der Waals surface area contributed by atoms with Crippen LogP contribution >= 0.6 is 11.3 Å². The molecule has 6 nitrogen and oxygen atoms in total. The van der Waals surface area contributed by atoms with Crippen LogP contribution in [0.1, 0.15) is 17.8 Å². The molecule has 22 heavy (non-hydrogen) atoms. The number of aromatic nitrogens is 4. The summed E-state index contributed by atoms with van der Waals surface area (Å²) in [7, 11) is 2.28. The third-order valence-corrected chi connectivity index (χ3v) is 5.92. The number of hydrogen-bond acceptors (Lipinski definition) is 6. The van der Waals surface area contributed by atoms with Crippen molar-refractivity contribution in [2.75, 3.05) is 20.1 Å². The lowest BCUT2D eigenvalue weighted by Gasteiger charge is -2.37. The van der Waals surface area contributed by atoms with Gasteiger partial charge in [0.05, 0.1) is 13.1 Å². The van der Waals surface area contributed by atoms with Crippen molar-refractivity contribution in [3.8, 4) is 0 Å². The largest absolute Gasteiger partial charge is 0.298 e. The standard InChI is InChI=1S/C15H22N6S/c1-19-13(8-21-11-16-10-18-21)6-12-7-20(4-2-14(12)19)9-15-17-3-5-22-15/h3,5,10-14H,2,4,6-9H2,1H3/t12-,13+,14+/m0/s1. The summed E-state index contributed by atoms with van der Waals surface area (Å²) in [6.45, 7) is 4.35. The maximum absolute atomic E-state index is 4.42. The van der Waals surface area contributed by atoms with Gasteiger partial charge in [0.25, 0.3) is 0 Å². The summed E-state index contributed by atoms with van der Waals surface area (Å²) in [5.74, 6) is 0.771. The van der Waals surface area contributed by atoms with E-state index in [0.717, 1.165) is 25.0 Å². The Bertz CT molecular complexity index is 581. The fourth-order valence-electron chi connectivity index (χ4n) is 4.06. The first kappa shape index (κ1) is 14.3. The van der Waals surface area contributed by atoms with Gasteiger partial charge in [-0.05, 0) is 25.8 Å². The van der Waals surface area contributed by atoms with Crippen LogP contribution < -0.4 is 0 Å². The van der Waals surface area contributed by atoms with Gasteiger partial charge in [0.15, 0.2) is 0 Å². The van der Waals surface area contributed by atoms with E-state index in [0.29, 0.717) is 6.04 Å². The second-order valence-electron chi connectivity index (χ2n) is 6.45. The van der Waals surface area contributed by atoms with Gasteiger partial charge >= 0.3 is 0 Å². The van der Waals surface area contributed by atoms with Crippen LogP contribution in [0.4, 0.5) is 0 Å². The molecule has 3 atom stereocenters. The lowest BCUT2D eigenvalue weighted by molar-refractivity contribution is 0.109. The molecule has 2 aliphatic heterocycles. The molecule has 4 rings (SSSR count). The summed E-state index contributed by atoms with van der Waals surface area (Å²) >= 11 is 1.76. The lowest BCUT2D eigenvalue weighted by Crippen LogP contribution is -2.45. The van der Waals surface area contributed by atoms with Gasteiger partial charge in [0.2, 0.25) is 0 Å². The fraction of sp³-hybridized carbons (Fsp3) is 0.667. The maximum Gasteiger partial charge on any atom is 0.137 e. The quantitative estimate of drug-likeness (QED) is 0.851. The summed E-state index contributed by atoms with van der Waals surface area (Å²) in [6.07, 6.45) is 7.88. The molecular formula is C15H22N6S. The van der Waals surface area contributed by atoms with Gasteiger partial charge in [-0.25, -0.2) is 9.97 Å². The van der Waals surface area contributed by atoms with Gasteiger partial charge in [-0.1, -0.05) is 0 Å². The third-order valence-electron chi connectivity index (χ3n) is 5.16. The topological polar surface area (TPSA) is 50.1 Å². The van der Waals surface area contributed by atoms with E-state index in [1.165, 1.54) is 30.9 Å². The molecule has 2 aliphatic rings. The molecule has 118 valence electrons. The van der Waals surface area contributed by atoms with E-state index in [4.69, 9.17) is 0 Å². The zero-order valence-corrected chi connectivity index (χ0v) is 13.7. The SMILES string of the molecule is CN1[C@@H](Cn2cncn2)C[C@H]2CN(Cc3nccs3)CC[C@H]21. The number of nitrogens with zero attached hydrogens (tertiary/aromatic N) is 6. The number of fused-ring (bicyclic) bond motifs is 1. The molecule has 0 aromatic carbocycles. The number of piperidine rings is 1. The Morgan fingerprint density at radius 1 is 1.41 bits per heavy atom. The third kappa shape index (κ3) is 2.80. The molecule has 0 saturated carbocycles. The number of hydrogen-bond donors (Lipinski definition) is 0. The van der Waals surface area contributed by atoms with E-state index in [1.807, 2.05) is 17.2 Å². The van der Waals surface area contributed by atoms with Crippen LogP contribution in [0.2, 0.25) is 0 Å². The number of thiazole rings is 1. The van der Waals surface area contributed by atoms with Crippen molar-refractivity contribution in [3.05, 3.63) is 29.2 Å². The highest BCUT2D eigenvalue weighted by atomic mass is 32.1. The van der Waals surface area contributed by atoms with E-state index in [9.17, 15) is 0 Å². The predicted molar refractivity (Wildman–Crippen MR) is 85.5 cm³/mol. The average molecular weight is 318 g/mol. The normalized spacial score (nSPS) is 29.8. The van der Waals surface area contributed by atoms with Crippen molar-refractivity contribution < 1.29 is 0 Å². The molecule has 0 spiro atoms. The van der Waals surface area contributed by atoms with E-state index in [1.54, 1.807) is 17.7 Å². The number of rotatable bonds is 4. The first-order valence-electron chi connectivity index (χ1n) is 7.94. The van der Waals surface area contributed by atoms with Crippen LogP contribution in [-0.4, -0.2) is 61.8 Å². The number of likely N-dealkylation sites (N-methyl/N-ethyl adjacent to an activating group) is 1. The smallest absolute Gasteiger partial charge is 0.137 e. The van der Waals surface area contributed by atoms with Gasteiger partial charge in [-0.3, -0.25) is 14.5 Å². The molecule has 4 heterocycles. The summed E-state index contributed by atoms with van der Waals surface area (Å²) < 4.78 is 1.96. The summed E-state index contributed by atoms with van der Waals surface area (Å²) in [4.78, 5) is 13.6. The number of likely N-dealkylation sites (tertiary alicyclic amines) is 2. The minimum absolute atomic E-state index is 0.580.